The molecule has 0 bridgehead atoms. The molecule has 2 fully saturated rings. The first-order valence-electron chi connectivity index (χ1n) is 7.82. The van der Waals surface area contributed by atoms with Gasteiger partial charge in [0.1, 0.15) is 5.54 Å². The summed E-state index contributed by atoms with van der Waals surface area (Å²) in [5.41, 5.74) is -0.344. The quantitative estimate of drug-likeness (QED) is 0.626. The molecule has 2 atom stereocenters. The number of nitrogens with zero attached hydrogens (tertiary/aromatic N) is 1. The van der Waals surface area contributed by atoms with Crippen molar-refractivity contribution in [2.75, 3.05) is 32.8 Å². The first-order valence-corrected chi connectivity index (χ1v) is 7.82. The zero-order chi connectivity index (χ0) is 13.7. The number of rotatable bonds is 3. The van der Waals surface area contributed by atoms with Crippen LogP contribution < -0.4 is 5.32 Å². The maximum absolute atomic E-state index is 12.6. The Labute approximate surface area is 116 Å². The van der Waals surface area contributed by atoms with E-state index in [1.165, 1.54) is 6.42 Å². The first kappa shape index (κ1) is 14.8. The van der Waals surface area contributed by atoms with Gasteiger partial charge in [0.05, 0.1) is 6.61 Å². The standard InChI is InChI=1S/C15H28N2O2/c1-3-19-14(18)15(17-11-9-16-10-12-17)7-4-5-13(2)6-8-15/h13,16H,3-12H2,1-2H3. The second-order valence-electron chi connectivity index (χ2n) is 6.03. The van der Waals surface area contributed by atoms with E-state index < -0.39 is 0 Å². The van der Waals surface area contributed by atoms with Gasteiger partial charge in [-0.25, -0.2) is 0 Å². The number of piperazine rings is 1. The number of carbonyl (C=O) groups excluding carboxylic acids is 1. The van der Waals surface area contributed by atoms with E-state index in [-0.39, 0.29) is 11.5 Å². The Hall–Kier alpha value is -0.610. The van der Waals surface area contributed by atoms with Gasteiger partial charge in [0.2, 0.25) is 0 Å². The van der Waals surface area contributed by atoms with E-state index in [1.807, 2.05) is 6.92 Å². The van der Waals surface area contributed by atoms with Crippen molar-refractivity contribution >= 4 is 5.97 Å². The van der Waals surface area contributed by atoms with E-state index in [1.54, 1.807) is 0 Å². The summed E-state index contributed by atoms with van der Waals surface area (Å²) < 4.78 is 5.43. The summed E-state index contributed by atoms with van der Waals surface area (Å²) in [6.45, 7) is 8.59. The normalized spacial score (nSPS) is 33.7. The fourth-order valence-corrected chi connectivity index (χ4v) is 3.51. The van der Waals surface area contributed by atoms with Gasteiger partial charge in [0.15, 0.2) is 0 Å². The van der Waals surface area contributed by atoms with Crippen LogP contribution in [0.4, 0.5) is 0 Å². The molecule has 1 aliphatic heterocycles. The minimum atomic E-state index is -0.344. The molecule has 0 radical (unpaired) electrons. The lowest BCUT2D eigenvalue weighted by molar-refractivity contribution is -0.160. The van der Waals surface area contributed by atoms with E-state index in [0.717, 1.165) is 57.8 Å². The van der Waals surface area contributed by atoms with Crippen molar-refractivity contribution in [1.29, 1.82) is 0 Å². The molecule has 4 nitrogen and oxygen atoms in total. The van der Waals surface area contributed by atoms with E-state index in [4.69, 9.17) is 4.74 Å². The van der Waals surface area contributed by atoms with Crippen LogP contribution in [0.1, 0.15) is 46.0 Å². The summed E-state index contributed by atoms with van der Waals surface area (Å²) in [7, 11) is 0. The van der Waals surface area contributed by atoms with Gasteiger partial charge in [0, 0.05) is 26.2 Å². The molecular formula is C15H28N2O2. The summed E-state index contributed by atoms with van der Waals surface area (Å²) >= 11 is 0. The van der Waals surface area contributed by atoms with Crippen molar-refractivity contribution in [2.45, 2.75) is 51.5 Å². The van der Waals surface area contributed by atoms with Crippen molar-refractivity contribution in [3.63, 3.8) is 0 Å². The molecule has 0 aromatic rings. The van der Waals surface area contributed by atoms with E-state index >= 15 is 0 Å². The number of esters is 1. The fourth-order valence-electron chi connectivity index (χ4n) is 3.51. The molecule has 1 aliphatic carbocycles. The largest absolute Gasteiger partial charge is 0.465 e. The predicted octanol–water partition coefficient (Wildman–Crippen LogP) is 1.79. The minimum Gasteiger partial charge on any atom is -0.465 e. The lowest BCUT2D eigenvalue weighted by Gasteiger charge is -2.43. The molecule has 2 rings (SSSR count). The van der Waals surface area contributed by atoms with Crippen molar-refractivity contribution in [1.82, 2.24) is 10.2 Å². The van der Waals surface area contributed by atoms with Crippen LogP contribution in [0.15, 0.2) is 0 Å². The molecular weight excluding hydrogens is 240 g/mol. The van der Waals surface area contributed by atoms with E-state index in [2.05, 4.69) is 17.1 Å². The van der Waals surface area contributed by atoms with E-state index in [9.17, 15) is 4.79 Å². The number of hydrogen-bond donors (Lipinski definition) is 1. The average molecular weight is 268 g/mol. The molecule has 110 valence electrons. The molecule has 19 heavy (non-hydrogen) atoms. The predicted molar refractivity (Wildman–Crippen MR) is 76.1 cm³/mol. The van der Waals surface area contributed by atoms with Crippen molar-refractivity contribution in [3.8, 4) is 0 Å². The first-order chi connectivity index (χ1) is 9.19. The Bertz CT molecular complexity index is 303. The molecule has 2 aliphatic rings. The fraction of sp³-hybridized carbons (Fsp3) is 0.933. The lowest BCUT2D eigenvalue weighted by atomic mass is 9.87. The molecule has 1 heterocycles. The third-order valence-electron chi connectivity index (χ3n) is 4.72. The maximum Gasteiger partial charge on any atom is 0.326 e. The van der Waals surface area contributed by atoms with Crippen LogP contribution in [0, 0.1) is 5.92 Å². The second kappa shape index (κ2) is 6.71. The van der Waals surface area contributed by atoms with Gasteiger partial charge in [-0.15, -0.1) is 0 Å². The Morgan fingerprint density at radius 1 is 1.32 bits per heavy atom. The summed E-state index contributed by atoms with van der Waals surface area (Å²) in [5, 5.41) is 3.37. The van der Waals surface area contributed by atoms with Crippen molar-refractivity contribution < 1.29 is 9.53 Å². The molecule has 1 saturated carbocycles. The minimum absolute atomic E-state index is 0.0194. The highest BCUT2D eigenvalue weighted by atomic mass is 16.5. The second-order valence-corrected chi connectivity index (χ2v) is 6.03. The highest BCUT2D eigenvalue weighted by Crippen LogP contribution is 2.36. The Morgan fingerprint density at radius 3 is 2.74 bits per heavy atom. The van der Waals surface area contributed by atoms with Crippen molar-refractivity contribution in [2.24, 2.45) is 5.92 Å². The molecule has 1 saturated heterocycles. The number of carbonyl (C=O) groups is 1. The summed E-state index contributed by atoms with van der Waals surface area (Å²) in [6.07, 6.45) is 5.46. The topological polar surface area (TPSA) is 41.6 Å². The summed E-state index contributed by atoms with van der Waals surface area (Å²) in [4.78, 5) is 15.0. The monoisotopic (exact) mass is 268 g/mol. The van der Waals surface area contributed by atoms with Crippen LogP contribution in [-0.2, 0) is 9.53 Å². The number of nitrogens with one attached hydrogen (secondary N) is 1. The summed E-state index contributed by atoms with van der Waals surface area (Å²) in [5.74, 6) is 0.755. The molecule has 0 aromatic heterocycles. The molecule has 2 unspecified atom stereocenters. The average Bonchev–Trinajstić information content (AvgIpc) is 2.63. The Balaban J connectivity index is 2.17. The van der Waals surface area contributed by atoms with E-state index in [0.29, 0.717) is 6.61 Å². The van der Waals surface area contributed by atoms with Gasteiger partial charge in [-0.2, -0.15) is 0 Å². The van der Waals surface area contributed by atoms with Crippen LogP contribution in [0.25, 0.3) is 0 Å². The molecule has 0 spiro atoms. The summed E-state index contributed by atoms with van der Waals surface area (Å²) in [6, 6.07) is 0. The van der Waals surface area contributed by atoms with Crippen LogP contribution in [0.5, 0.6) is 0 Å². The van der Waals surface area contributed by atoms with Gasteiger partial charge in [-0.3, -0.25) is 9.69 Å². The zero-order valence-corrected chi connectivity index (χ0v) is 12.4. The van der Waals surface area contributed by atoms with Crippen LogP contribution in [-0.4, -0.2) is 49.2 Å². The Kier molecular flexibility index (Phi) is 5.22. The van der Waals surface area contributed by atoms with Crippen LogP contribution >= 0.6 is 0 Å². The van der Waals surface area contributed by atoms with Gasteiger partial charge in [0.25, 0.3) is 0 Å². The van der Waals surface area contributed by atoms with Crippen LogP contribution in [0.3, 0.4) is 0 Å². The molecule has 0 aromatic carbocycles. The third kappa shape index (κ3) is 3.29. The lowest BCUT2D eigenvalue weighted by Crippen LogP contribution is -2.60. The van der Waals surface area contributed by atoms with Gasteiger partial charge in [-0.05, 0) is 32.1 Å². The number of ether oxygens (including phenoxy) is 1. The van der Waals surface area contributed by atoms with Crippen LogP contribution in [0.2, 0.25) is 0 Å². The Morgan fingerprint density at radius 2 is 2.05 bits per heavy atom. The SMILES string of the molecule is CCOC(=O)C1(N2CCNCC2)CCCC(C)CC1. The molecule has 0 amide bonds. The van der Waals surface area contributed by atoms with Gasteiger partial charge in [-0.1, -0.05) is 19.8 Å². The smallest absolute Gasteiger partial charge is 0.326 e. The molecule has 4 heteroatoms. The van der Waals surface area contributed by atoms with Gasteiger partial charge >= 0.3 is 5.97 Å². The van der Waals surface area contributed by atoms with Crippen molar-refractivity contribution in [3.05, 3.63) is 0 Å². The highest BCUT2D eigenvalue weighted by Gasteiger charge is 2.46. The number of hydrogen-bond acceptors (Lipinski definition) is 4. The highest BCUT2D eigenvalue weighted by molar-refractivity contribution is 5.81. The third-order valence-corrected chi connectivity index (χ3v) is 4.72. The zero-order valence-electron chi connectivity index (χ0n) is 12.4. The molecule has 1 N–H and O–H groups in total. The van der Waals surface area contributed by atoms with Gasteiger partial charge < -0.3 is 10.1 Å². The maximum atomic E-state index is 12.6.